The third kappa shape index (κ3) is 4.89. The lowest BCUT2D eigenvalue weighted by Crippen LogP contribution is -2.34. The summed E-state index contributed by atoms with van der Waals surface area (Å²) >= 11 is 0. The molecule has 8 aromatic rings. The summed E-state index contributed by atoms with van der Waals surface area (Å²) in [6.07, 6.45) is 2.31. The molecule has 1 heteroatoms. The SMILES string of the molecule is CC1(C)CCC(C)(C)c2c(-c3cc4c(cc3N(c3ccccc3)c3ccccc3-c3ccccc3)C3(c5ccccc5-c5ccccc53)c3ccccc3-4)cccc21. The van der Waals surface area contributed by atoms with Crippen molar-refractivity contribution in [3.05, 3.63) is 221 Å². The zero-order valence-electron chi connectivity index (χ0n) is 33.8. The van der Waals surface area contributed by atoms with Crippen LogP contribution in [0.5, 0.6) is 0 Å². The van der Waals surface area contributed by atoms with Gasteiger partial charge in [-0.2, -0.15) is 0 Å². The molecule has 0 aromatic heterocycles. The summed E-state index contributed by atoms with van der Waals surface area (Å²) in [4.78, 5) is 2.56. The first kappa shape index (κ1) is 34.8. The Labute approximate surface area is 343 Å². The van der Waals surface area contributed by atoms with Crippen LogP contribution in [0.15, 0.2) is 188 Å². The van der Waals surface area contributed by atoms with Crippen molar-refractivity contribution in [1.29, 1.82) is 0 Å². The van der Waals surface area contributed by atoms with E-state index in [2.05, 4.69) is 221 Å². The summed E-state index contributed by atoms with van der Waals surface area (Å²) < 4.78 is 0. The smallest absolute Gasteiger partial charge is 0.0726 e. The first-order chi connectivity index (χ1) is 28.3. The lowest BCUT2D eigenvalue weighted by Gasteiger charge is -2.43. The van der Waals surface area contributed by atoms with E-state index in [-0.39, 0.29) is 10.8 Å². The Balaban J connectivity index is 1.31. The van der Waals surface area contributed by atoms with Gasteiger partial charge in [0.1, 0.15) is 0 Å². The highest BCUT2D eigenvalue weighted by Gasteiger charge is 2.52. The molecule has 0 aliphatic heterocycles. The van der Waals surface area contributed by atoms with Gasteiger partial charge in [-0.25, -0.2) is 0 Å². The molecule has 0 saturated heterocycles. The van der Waals surface area contributed by atoms with E-state index in [9.17, 15) is 0 Å². The van der Waals surface area contributed by atoms with Crippen LogP contribution in [0.4, 0.5) is 17.1 Å². The summed E-state index contributed by atoms with van der Waals surface area (Å²) in [6.45, 7) is 9.81. The van der Waals surface area contributed by atoms with Crippen molar-refractivity contribution in [2.75, 3.05) is 4.90 Å². The largest absolute Gasteiger partial charge is 0.309 e. The summed E-state index contributed by atoms with van der Waals surface area (Å²) in [5.74, 6) is 0. The van der Waals surface area contributed by atoms with E-state index in [4.69, 9.17) is 0 Å². The van der Waals surface area contributed by atoms with Gasteiger partial charge in [-0.1, -0.05) is 185 Å². The molecule has 1 nitrogen and oxygen atoms in total. The minimum atomic E-state index is -0.467. The van der Waals surface area contributed by atoms with Gasteiger partial charge in [0.2, 0.25) is 0 Å². The van der Waals surface area contributed by atoms with Crippen LogP contribution in [0.3, 0.4) is 0 Å². The van der Waals surface area contributed by atoms with Gasteiger partial charge in [0.25, 0.3) is 0 Å². The Hall–Kier alpha value is -6.44. The zero-order chi connectivity index (χ0) is 39.2. The molecule has 0 fully saturated rings. The second-order valence-electron chi connectivity index (χ2n) is 17.9. The van der Waals surface area contributed by atoms with E-state index < -0.39 is 5.41 Å². The fraction of sp³-hybridized carbons (Fsp3) is 0.158. The minimum absolute atomic E-state index is 0.000282. The maximum Gasteiger partial charge on any atom is 0.0726 e. The molecule has 0 bridgehead atoms. The van der Waals surface area contributed by atoms with Crippen molar-refractivity contribution in [1.82, 2.24) is 0 Å². The van der Waals surface area contributed by atoms with E-state index >= 15 is 0 Å². The summed E-state index contributed by atoms with van der Waals surface area (Å²) in [7, 11) is 0. The highest BCUT2D eigenvalue weighted by molar-refractivity contribution is 6.01. The number of rotatable bonds is 5. The van der Waals surface area contributed by atoms with Crippen LogP contribution in [0.25, 0.3) is 44.5 Å². The number of fused-ring (bicyclic) bond motifs is 11. The highest BCUT2D eigenvalue weighted by atomic mass is 15.1. The summed E-state index contributed by atoms with van der Waals surface area (Å²) in [5, 5.41) is 0. The predicted octanol–water partition coefficient (Wildman–Crippen LogP) is 15.2. The van der Waals surface area contributed by atoms with Gasteiger partial charge in [-0.3, -0.25) is 0 Å². The van der Waals surface area contributed by atoms with Crippen LogP contribution >= 0.6 is 0 Å². The van der Waals surface area contributed by atoms with Crippen molar-refractivity contribution in [2.45, 2.75) is 56.8 Å². The van der Waals surface area contributed by atoms with Crippen molar-refractivity contribution in [3.63, 3.8) is 0 Å². The number of hydrogen-bond donors (Lipinski definition) is 0. The molecule has 3 aliphatic rings. The van der Waals surface area contributed by atoms with Gasteiger partial charge < -0.3 is 4.90 Å². The van der Waals surface area contributed by atoms with E-state index in [1.54, 1.807) is 0 Å². The summed E-state index contributed by atoms with van der Waals surface area (Å²) in [6, 6.07) is 70.7. The Morgan fingerprint density at radius 1 is 0.345 bits per heavy atom. The Kier molecular flexibility index (Phi) is 7.67. The average Bonchev–Trinajstić information content (AvgIpc) is 3.73. The monoisotopic (exact) mass is 745 g/mol. The molecule has 0 saturated carbocycles. The third-order valence-electron chi connectivity index (χ3n) is 13.7. The maximum atomic E-state index is 2.60. The average molecular weight is 746 g/mol. The van der Waals surface area contributed by atoms with Gasteiger partial charge >= 0.3 is 0 Å². The molecule has 0 amide bonds. The molecule has 0 unspecified atom stereocenters. The number of anilines is 3. The molecule has 0 heterocycles. The normalized spacial score (nSPS) is 15.9. The Morgan fingerprint density at radius 2 is 0.828 bits per heavy atom. The van der Waals surface area contributed by atoms with Crippen LogP contribution in [0, 0.1) is 0 Å². The first-order valence-electron chi connectivity index (χ1n) is 20.9. The highest BCUT2D eigenvalue weighted by Crippen LogP contribution is 2.65. The predicted molar refractivity (Wildman–Crippen MR) is 244 cm³/mol. The number of benzene rings is 8. The molecule has 1 spiro atoms. The van der Waals surface area contributed by atoms with Crippen LogP contribution in [0.2, 0.25) is 0 Å². The van der Waals surface area contributed by atoms with Crippen LogP contribution in [-0.4, -0.2) is 0 Å². The topological polar surface area (TPSA) is 3.24 Å². The van der Waals surface area contributed by atoms with E-state index in [1.807, 2.05) is 0 Å². The lowest BCUT2D eigenvalue weighted by molar-refractivity contribution is 0.333. The van der Waals surface area contributed by atoms with Crippen molar-refractivity contribution in [2.24, 2.45) is 0 Å². The van der Waals surface area contributed by atoms with E-state index in [1.165, 1.54) is 90.0 Å². The van der Waals surface area contributed by atoms with E-state index in [0.29, 0.717) is 0 Å². The van der Waals surface area contributed by atoms with Crippen LogP contribution in [-0.2, 0) is 16.2 Å². The van der Waals surface area contributed by atoms with Crippen molar-refractivity contribution >= 4 is 17.1 Å². The molecule has 0 atom stereocenters. The first-order valence-corrected chi connectivity index (χ1v) is 20.9. The van der Waals surface area contributed by atoms with E-state index in [0.717, 1.165) is 17.8 Å². The third-order valence-corrected chi connectivity index (χ3v) is 13.7. The lowest BCUT2D eigenvalue weighted by atomic mass is 9.61. The Morgan fingerprint density at radius 3 is 1.47 bits per heavy atom. The van der Waals surface area contributed by atoms with Crippen molar-refractivity contribution in [3.8, 4) is 44.5 Å². The molecule has 0 N–H and O–H groups in total. The standard InChI is InChI=1S/C57H47N/c1-55(2)34-35-56(3,4)54-44(28-19-32-50(54)55)46-36-45-43-27-13-17-31-49(43)57(47-29-15-11-25-41(47)42-26-12-16-30-48(42)57)51(45)37-53(46)58(39-22-9-6-10-23-39)52-33-18-14-24-40(52)38-20-7-5-8-21-38/h5-33,36-37H,34-35H2,1-4H3. The second-order valence-corrected chi connectivity index (χ2v) is 17.9. The fourth-order valence-corrected chi connectivity index (χ4v) is 11.0. The molecular weight excluding hydrogens is 699 g/mol. The van der Waals surface area contributed by atoms with Gasteiger partial charge in [-0.15, -0.1) is 0 Å². The number of nitrogens with zero attached hydrogens (tertiary/aromatic N) is 1. The molecule has 280 valence electrons. The molecule has 58 heavy (non-hydrogen) atoms. The fourth-order valence-electron chi connectivity index (χ4n) is 11.0. The molecular formula is C57H47N. The zero-order valence-corrected chi connectivity index (χ0v) is 33.8. The Bertz CT molecular complexity index is 2850. The van der Waals surface area contributed by atoms with Gasteiger partial charge in [-0.05, 0) is 121 Å². The molecule has 11 rings (SSSR count). The summed E-state index contributed by atoms with van der Waals surface area (Å²) in [5.41, 5.74) is 21.7. The second kappa shape index (κ2) is 12.8. The molecule has 0 radical (unpaired) electrons. The quantitative estimate of drug-likeness (QED) is 0.170. The van der Waals surface area contributed by atoms with Gasteiger partial charge in [0.15, 0.2) is 0 Å². The molecule has 3 aliphatic carbocycles. The van der Waals surface area contributed by atoms with Gasteiger partial charge in [0.05, 0.1) is 16.8 Å². The van der Waals surface area contributed by atoms with Crippen LogP contribution < -0.4 is 4.90 Å². The maximum absolute atomic E-state index is 2.60. The minimum Gasteiger partial charge on any atom is -0.309 e. The molecule has 8 aromatic carbocycles. The number of para-hydroxylation sites is 2. The number of hydrogen-bond acceptors (Lipinski definition) is 1. The van der Waals surface area contributed by atoms with Crippen molar-refractivity contribution < 1.29 is 0 Å². The van der Waals surface area contributed by atoms with Gasteiger partial charge in [0, 0.05) is 16.8 Å². The van der Waals surface area contributed by atoms with Crippen LogP contribution in [0.1, 0.15) is 73.9 Å².